The quantitative estimate of drug-likeness (QED) is 0.642. The highest BCUT2D eigenvalue weighted by atomic mass is 16.5. The van der Waals surface area contributed by atoms with E-state index in [2.05, 4.69) is 15.0 Å². The molecule has 7 heteroatoms. The molecule has 2 heterocycles. The van der Waals surface area contributed by atoms with E-state index in [1.807, 2.05) is 59.5 Å². The molecule has 4 rings (SSSR count). The first kappa shape index (κ1) is 19.1. The average molecular weight is 392 g/mol. The normalized spacial score (nSPS) is 14.7. The summed E-state index contributed by atoms with van der Waals surface area (Å²) in [6.45, 7) is 3.64. The fourth-order valence-electron chi connectivity index (χ4n) is 3.41. The minimum atomic E-state index is 0.178. The van der Waals surface area contributed by atoms with E-state index in [4.69, 9.17) is 9.26 Å². The van der Waals surface area contributed by atoms with Crippen molar-refractivity contribution in [3.8, 4) is 17.2 Å². The SMILES string of the molecule is COc1ccc(-c2nc(CN3CCN(C(=O)Cc4ccccc4)CC3)no2)cc1. The molecule has 0 bridgehead atoms. The van der Waals surface area contributed by atoms with Crippen molar-refractivity contribution < 1.29 is 14.1 Å². The molecule has 1 amide bonds. The summed E-state index contributed by atoms with van der Waals surface area (Å²) in [4.78, 5) is 21.2. The first-order chi connectivity index (χ1) is 14.2. The van der Waals surface area contributed by atoms with Gasteiger partial charge in [0, 0.05) is 31.7 Å². The zero-order valence-corrected chi connectivity index (χ0v) is 16.5. The summed E-state index contributed by atoms with van der Waals surface area (Å²) < 4.78 is 10.6. The molecule has 0 spiro atoms. The van der Waals surface area contributed by atoms with Gasteiger partial charge in [-0.05, 0) is 29.8 Å². The van der Waals surface area contributed by atoms with Gasteiger partial charge in [0.2, 0.25) is 5.91 Å². The summed E-state index contributed by atoms with van der Waals surface area (Å²) >= 11 is 0. The molecule has 0 atom stereocenters. The Bertz CT molecular complexity index is 932. The maximum atomic E-state index is 12.5. The van der Waals surface area contributed by atoms with Crippen LogP contribution in [0.2, 0.25) is 0 Å². The van der Waals surface area contributed by atoms with Gasteiger partial charge in [0.15, 0.2) is 5.82 Å². The third-order valence-corrected chi connectivity index (χ3v) is 5.09. The lowest BCUT2D eigenvalue weighted by molar-refractivity contribution is -0.132. The molecule has 7 nitrogen and oxygen atoms in total. The predicted octanol–water partition coefficient (Wildman–Crippen LogP) is 2.63. The second kappa shape index (κ2) is 8.87. The van der Waals surface area contributed by atoms with Crippen LogP contribution in [-0.2, 0) is 17.8 Å². The monoisotopic (exact) mass is 392 g/mol. The summed E-state index contributed by atoms with van der Waals surface area (Å²) in [7, 11) is 1.63. The molecule has 1 aliphatic rings. The maximum absolute atomic E-state index is 12.5. The van der Waals surface area contributed by atoms with Gasteiger partial charge >= 0.3 is 0 Å². The van der Waals surface area contributed by atoms with Gasteiger partial charge in [-0.2, -0.15) is 4.98 Å². The lowest BCUT2D eigenvalue weighted by atomic mass is 10.1. The van der Waals surface area contributed by atoms with Gasteiger partial charge in [0.1, 0.15) is 5.75 Å². The number of carbonyl (C=O) groups is 1. The van der Waals surface area contributed by atoms with Crippen molar-refractivity contribution in [2.75, 3.05) is 33.3 Å². The van der Waals surface area contributed by atoms with Crippen molar-refractivity contribution in [1.29, 1.82) is 0 Å². The predicted molar refractivity (Wildman–Crippen MR) is 108 cm³/mol. The van der Waals surface area contributed by atoms with Crippen LogP contribution >= 0.6 is 0 Å². The number of aromatic nitrogens is 2. The topological polar surface area (TPSA) is 71.7 Å². The van der Waals surface area contributed by atoms with Crippen LogP contribution in [0.25, 0.3) is 11.5 Å². The van der Waals surface area contributed by atoms with E-state index in [9.17, 15) is 4.79 Å². The van der Waals surface area contributed by atoms with E-state index in [1.165, 1.54) is 0 Å². The number of rotatable bonds is 6. The molecule has 1 aromatic heterocycles. The third-order valence-electron chi connectivity index (χ3n) is 5.09. The van der Waals surface area contributed by atoms with Gasteiger partial charge in [-0.25, -0.2) is 0 Å². The fourth-order valence-corrected chi connectivity index (χ4v) is 3.41. The minimum Gasteiger partial charge on any atom is -0.497 e. The van der Waals surface area contributed by atoms with Gasteiger partial charge in [-0.1, -0.05) is 35.5 Å². The van der Waals surface area contributed by atoms with E-state index in [1.54, 1.807) is 7.11 Å². The van der Waals surface area contributed by atoms with E-state index in [0.717, 1.165) is 43.1 Å². The van der Waals surface area contributed by atoms with Crippen molar-refractivity contribution in [2.45, 2.75) is 13.0 Å². The molecule has 1 saturated heterocycles. The smallest absolute Gasteiger partial charge is 0.257 e. The van der Waals surface area contributed by atoms with Crippen molar-refractivity contribution >= 4 is 5.91 Å². The highest BCUT2D eigenvalue weighted by Gasteiger charge is 2.22. The molecule has 0 N–H and O–H groups in total. The molecular weight excluding hydrogens is 368 g/mol. The Hall–Kier alpha value is -3.19. The number of benzene rings is 2. The molecule has 0 aliphatic carbocycles. The first-order valence-electron chi connectivity index (χ1n) is 9.72. The largest absolute Gasteiger partial charge is 0.497 e. The number of ether oxygens (including phenoxy) is 1. The van der Waals surface area contributed by atoms with E-state index in [-0.39, 0.29) is 5.91 Å². The van der Waals surface area contributed by atoms with E-state index in [0.29, 0.717) is 24.7 Å². The summed E-state index contributed by atoms with van der Waals surface area (Å²) in [6.07, 6.45) is 0.455. The lowest BCUT2D eigenvalue weighted by Crippen LogP contribution is -2.48. The molecule has 1 fully saturated rings. The molecule has 150 valence electrons. The van der Waals surface area contributed by atoms with Crippen molar-refractivity contribution in [3.05, 3.63) is 66.0 Å². The van der Waals surface area contributed by atoms with Gasteiger partial charge in [0.05, 0.1) is 20.1 Å². The Morgan fingerprint density at radius 1 is 1.03 bits per heavy atom. The Kier molecular flexibility index (Phi) is 5.86. The summed E-state index contributed by atoms with van der Waals surface area (Å²) in [6, 6.07) is 17.4. The second-order valence-electron chi connectivity index (χ2n) is 7.06. The second-order valence-corrected chi connectivity index (χ2v) is 7.06. The average Bonchev–Trinajstić information content (AvgIpc) is 3.23. The van der Waals surface area contributed by atoms with Crippen LogP contribution in [0, 0.1) is 0 Å². The fraction of sp³-hybridized carbons (Fsp3) is 0.318. The number of hydrogen-bond donors (Lipinski definition) is 0. The first-order valence-corrected chi connectivity index (χ1v) is 9.72. The third kappa shape index (κ3) is 4.81. The zero-order valence-electron chi connectivity index (χ0n) is 16.5. The van der Waals surface area contributed by atoms with E-state index < -0.39 is 0 Å². The Morgan fingerprint density at radius 2 is 1.76 bits per heavy atom. The highest BCUT2D eigenvalue weighted by Crippen LogP contribution is 2.21. The van der Waals surface area contributed by atoms with Gasteiger partial charge in [-0.3, -0.25) is 9.69 Å². The highest BCUT2D eigenvalue weighted by molar-refractivity contribution is 5.78. The van der Waals surface area contributed by atoms with E-state index >= 15 is 0 Å². The Morgan fingerprint density at radius 3 is 2.45 bits per heavy atom. The molecule has 0 saturated carbocycles. The van der Waals surface area contributed by atoms with Gasteiger partial charge in [-0.15, -0.1) is 0 Å². The maximum Gasteiger partial charge on any atom is 0.257 e. The van der Waals surface area contributed by atoms with Crippen LogP contribution in [0.15, 0.2) is 59.1 Å². The molecule has 29 heavy (non-hydrogen) atoms. The van der Waals surface area contributed by atoms with Crippen LogP contribution in [0.1, 0.15) is 11.4 Å². The van der Waals surface area contributed by atoms with Crippen LogP contribution in [-0.4, -0.2) is 59.1 Å². The molecule has 0 unspecified atom stereocenters. The lowest BCUT2D eigenvalue weighted by Gasteiger charge is -2.34. The number of nitrogens with zero attached hydrogens (tertiary/aromatic N) is 4. The van der Waals surface area contributed by atoms with Crippen LogP contribution in [0.5, 0.6) is 5.75 Å². The molecule has 1 aliphatic heterocycles. The van der Waals surface area contributed by atoms with Gasteiger partial charge < -0.3 is 14.2 Å². The van der Waals surface area contributed by atoms with Crippen LogP contribution in [0.3, 0.4) is 0 Å². The molecule has 0 radical (unpaired) electrons. The number of piperazine rings is 1. The van der Waals surface area contributed by atoms with Crippen LogP contribution < -0.4 is 4.74 Å². The standard InChI is InChI=1S/C22H24N4O3/c1-28-19-9-7-18(8-10-19)22-23-20(24-29-22)16-25-11-13-26(14-12-25)21(27)15-17-5-3-2-4-6-17/h2-10H,11-16H2,1H3. The summed E-state index contributed by atoms with van der Waals surface area (Å²) in [5.74, 6) is 2.12. The van der Waals surface area contributed by atoms with Crippen molar-refractivity contribution in [3.63, 3.8) is 0 Å². The molecule has 2 aromatic carbocycles. The molecule has 3 aromatic rings. The minimum absolute atomic E-state index is 0.178. The number of hydrogen-bond acceptors (Lipinski definition) is 6. The van der Waals surface area contributed by atoms with Gasteiger partial charge in [0.25, 0.3) is 5.89 Å². The Balaban J connectivity index is 1.28. The number of amides is 1. The number of carbonyl (C=O) groups excluding carboxylic acids is 1. The Labute approximate surface area is 169 Å². The summed E-state index contributed by atoms with van der Waals surface area (Å²) in [5, 5.41) is 4.10. The molecular formula is C22H24N4O3. The zero-order chi connectivity index (χ0) is 20.1. The number of methoxy groups -OCH3 is 1. The van der Waals surface area contributed by atoms with Crippen molar-refractivity contribution in [2.24, 2.45) is 0 Å². The van der Waals surface area contributed by atoms with Crippen molar-refractivity contribution in [1.82, 2.24) is 19.9 Å². The van der Waals surface area contributed by atoms with Crippen LogP contribution in [0.4, 0.5) is 0 Å². The summed E-state index contributed by atoms with van der Waals surface area (Å²) in [5.41, 5.74) is 1.92.